The van der Waals surface area contributed by atoms with E-state index in [1.165, 1.54) is 0 Å². The van der Waals surface area contributed by atoms with E-state index in [2.05, 4.69) is 15.5 Å². The Labute approximate surface area is 189 Å². The van der Waals surface area contributed by atoms with Crippen molar-refractivity contribution in [2.24, 2.45) is 10.2 Å². The van der Waals surface area contributed by atoms with Gasteiger partial charge >= 0.3 is 0 Å². The van der Waals surface area contributed by atoms with Crippen molar-refractivity contribution in [3.63, 3.8) is 0 Å². The largest absolute Gasteiger partial charge is 0.497 e. The van der Waals surface area contributed by atoms with E-state index in [9.17, 15) is 5.11 Å². The second-order valence-electron chi connectivity index (χ2n) is 6.77. The van der Waals surface area contributed by atoms with Crippen LogP contribution in [0.25, 0.3) is 10.9 Å². The van der Waals surface area contributed by atoms with Crippen LogP contribution in [0, 0.1) is 0 Å². The molecule has 0 spiro atoms. The summed E-state index contributed by atoms with van der Waals surface area (Å²) in [5, 5.41) is 23.8. The standard InChI is InChI=1S/C23H19ClN4O2S/c1-30-18-9-5-8-17(13-18)25-23(31)27-26-21-19-10-2-3-11-20(19)28(22(21)29)14-15-6-4-7-16(24)12-15/h2-13,29H,14H2,1H3,(H,25,31). The number of aromatic hydroxyl groups is 1. The van der Waals surface area contributed by atoms with Gasteiger partial charge in [0.1, 0.15) is 5.75 Å². The Morgan fingerprint density at radius 3 is 2.71 bits per heavy atom. The van der Waals surface area contributed by atoms with Crippen molar-refractivity contribution in [3.05, 3.63) is 83.4 Å². The molecule has 0 bridgehead atoms. The molecule has 0 aliphatic heterocycles. The number of thiocarbonyl (C=S) groups is 1. The fraction of sp³-hybridized carbons (Fsp3) is 0.0870. The molecule has 0 saturated heterocycles. The number of halogens is 1. The average Bonchev–Trinajstić information content (AvgIpc) is 3.03. The fourth-order valence-electron chi connectivity index (χ4n) is 3.29. The van der Waals surface area contributed by atoms with Gasteiger partial charge in [0.15, 0.2) is 5.69 Å². The predicted octanol–water partition coefficient (Wildman–Crippen LogP) is 6.54. The van der Waals surface area contributed by atoms with Crippen LogP contribution in [-0.2, 0) is 6.54 Å². The number of nitrogens with zero attached hydrogens (tertiary/aromatic N) is 3. The van der Waals surface area contributed by atoms with Gasteiger partial charge in [-0.1, -0.05) is 48.0 Å². The van der Waals surface area contributed by atoms with E-state index in [0.29, 0.717) is 23.0 Å². The predicted molar refractivity (Wildman–Crippen MR) is 128 cm³/mol. The van der Waals surface area contributed by atoms with Crippen molar-refractivity contribution >= 4 is 51.2 Å². The maximum atomic E-state index is 10.9. The number of hydrogen-bond donors (Lipinski definition) is 2. The van der Waals surface area contributed by atoms with Crippen molar-refractivity contribution in [3.8, 4) is 11.6 Å². The van der Waals surface area contributed by atoms with Crippen molar-refractivity contribution in [1.82, 2.24) is 4.57 Å². The Balaban J connectivity index is 1.63. The number of rotatable bonds is 5. The molecule has 4 rings (SSSR count). The lowest BCUT2D eigenvalue weighted by molar-refractivity contribution is 0.415. The van der Waals surface area contributed by atoms with Gasteiger partial charge in [0.05, 0.1) is 19.2 Å². The number of azo groups is 1. The molecule has 156 valence electrons. The van der Waals surface area contributed by atoms with E-state index in [-0.39, 0.29) is 11.0 Å². The van der Waals surface area contributed by atoms with Gasteiger partial charge in [0.25, 0.3) is 0 Å². The summed E-state index contributed by atoms with van der Waals surface area (Å²) in [6.07, 6.45) is 0. The first-order valence-electron chi connectivity index (χ1n) is 9.46. The van der Waals surface area contributed by atoms with Crippen LogP contribution in [0.2, 0.25) is 5.02 Å². The Bertz CT molecular complexity index is 1290. The molecule has 2 N–H and O–H groups in total. The number of aromatic nitrogens is 1. The van der Waals surface area contributed by atoms with Crippen LogP contribution in [-0.4, -0.2) is 21.9 Å². The van der Waals surface area contributed by atoms with Gasteiger partial charge in [-0.2, -0.15) is 0 Å². The molecule has 4 aromatic rings. The number of hydrogen-bond acceptors (Lipinski definition) is 4. The third-order valence-corrected chi connectivity index (χ3v) is 5.13. The van der Waals surface area contributed by atoms with Crippen LogP contribution in [0.4, 0.5) is 11.4 Å². The third kappa shape index (κ3) is 4.68. The minimum absolute atomic E-state index is 0.00843. The molecule has 0 amide bonds. The summed E-state index contributed by atoms with van der Waals surface area (Å²) >= 11 is 11.4. The number of anilines is 1. The highest BCUT2D eigenvalue weighted by atomic mass is 35.5. The Kier molecular flexibility index (Phi) is 6.16. The number of nitrogens with one attached hydrogen (secondary N) is 1. The summed E-state index contributed by atoms with van der Waals surface area (Å²) in [5.41, 5.74) is 2.88. The molecule has 3 aromatic carbocycles. The van der Waals surface area contributed by atoms with E-state index in [4.69, 9.17) is 28.6 Å². The Hall–Kier alpha value is -3.42. The molecule has 0 saturated carbocycles. The maximum absolute atomic E-state index is 10.9. The lowest BCUT2D eigenvalue weighted by atomic mass is 10.2. The number of ether oxygens (including phenoxy) is 1. The summed E-state index contributed by atoms with van der Waals surface area (Å²) in [6.45, 7) is 0.439. The topological polar surface area (TPSA) is 71.1 Å². The van der Waals surface area contributed by atoms with Crippen LogP contribution in [0.3, 0.4) is 0 Å². The van der Waals surface area contributed by atoms with E-state index in [1.807, 2.05) is 66.7 Å². The number of methoxy groups -OCH3 is 1. The molecule has 0 atom stereocenters. The highest BCUT2D eigenvalue weighted by Crippen LogP contribution is 2.39. The molecule has 0 aliphatic rings. The first kappa shape index (κ1) is 20.8. The number of benzene rings is 3. The summed E-state index contributed by atoms with van der Waals surface area (Å²) in [5.74, 6) is 0.709. The van der Waals surface area contributed by atoms with Gasteiger partial charge in [-0.15, -0.1) is 10.2 Å². The third-order valence-electron chi connectivity index (χ3n) is 4.71. The van der Waals surface area contributed by atoms with Crippen molar-refractivity contribution < 1.29 is 9.84 Å². The first-order valence-corrected chi connectivity index (χ1v) is 10.2. The summed E-state index contributed by atoms with van der Waals surface area (Å²) in [4.78, 5) is 0. The minimum atomic E-state index is 0.00843. The van der Waals surface area contributed by atoms with Gasteiger partial charge in [-0.3, -0.25) is 0 Å². The lowest BCUT2D eigenvalue weighted by Gasteiger charge is -2.07. The second kappa shape index (κ2) is 9.16. The van der Waals surface area contributed by atoms with E-state index in [0.717, 1.165) is 22.2 Å². The van der Waals surface area contributed by atoms with Crippen LogP contribution in [0.15, 0.2) is 83.0 Å². The zero-order valence-electron chi connectivity index (χ0n) is 16.6. The van der Waals surface area contributed by atoms with E-state index >= 15 is 0 Å². The fourth-order valence-corrected chi connectivity index (χ4v) is 3.66. The molecule has 0 fully saturated rings. The Morgan fingerprint density at radius 2 is 1.90 bits per heavy atom. The van der Waals surface area contributed by atoms with E-state index in [1.54, 1.807) is 17.7 Å². The minimum Gasteiger partial charge on any atom is -0.497 e. The van der Waals surface area contributed by atoms with Crippen LogP contribution >= 0.6 is 23.8 Å². The monoisotopic (exact) mass is 450 g/mol. The lowest BCUT2D eigenvalue weighted by Crippen LogP contribution is -2.04. The average molecular weight is 451 g/mol. The van der Waals surface area contributed by atoms with Gasteiger partial charge in [0.2, 0.25) is 11.0 Å². The van der Waals surface area contributed by atoms with Crippen molar-refractivity contribution in [2.75, 3.05) is 12.4 Å². The zero-order chi connectivity index (χ0) is 21.8. The molecule has 1 aromatic heterocycles. The van der Waals surface area contributed by atoms with Crippen molar-refractivity contribution in [1.29, 1.82) is 0 Å². The van der Waals surface area contributed by atoms with Crippen LogP contribution < -0.4 is 10.1 Å². The maximum Gasteiger partial charge on any atom is 0.221 e. The molecule has 31 heavy (non-hydrogen) atoms. The highest BCUT2D eigenvalue weighted by molar-refractivity contribution is 7.80. The summed E-state index contributed by atoms with van der Waals surface area (Å²) < 4.78 is 6.98. The normalized spacial score (nSPS) is 11.2. The van der Waals surface area contributed by atoms with Gasteiger partial charge in [0, 0.05) is 22.2 Å². The van der Waals surface area contributed by atoms with Crippen LogP contribution in [0.5, 0.6) is 11.6 Å². The quantitative estimate of drug-likeness (QED) is 0.267. The van der Waals surface area contributed by atoms with E-state index < -0.39 is 0 Å². The molecule has 0 aliphatic carbocycles. The number of para-hydroxylation sites is 1. The van der Waals surface area contributed by atoms with Gasteiger partial charge in [-0.05, 0) is 48.1 Å². The highest BCUT2D eigenvalue weighted by Gasteiger charge is 2.17. The van der Waals surface area contributed by atoms with Gasteiger partial charge in [-0.25, -0.2) is 0 Å². The molecular weight excluding hydrogens is 432 g/mol. The zero-order valence-corrected chi connectivity index (χ0v) is 18.2. The number of fused-ring (bicyclic) bond motifs is 1. The summed E-state index contributed by atoms with van der Waals surface area (Å²) in [7, 11) is 1.60. The van der Waals surface area contributed by atoms with Gasteiger partial charge < -0.3 is 19.7 Å². The molecule has 1 heterocycles. The molecule has 0 unspecified atom stereocenters. The summed E-state index contributed by atoms with van der Waals surface area (Å²) in [6, 6.07) is 22.4. The molecule has 6 nitrogen and oxygen atoms in total. The Morgan fingerprint density at radius 1 is 1.10 bits per heavy atom. The SMILES string of the molecule is COc1cccc(NC(=S)N=Nc2c(O)n(Cc3cccc(Cl)c3)c3ccccc23)c1. The second-order valence-corrected chi connectivity index (χ2v) is 7.59. The molecular formula is C23H19ClN4O2S. The first-order chi connectivity index (χ1) is 15.0. The van der Waals surface area contributed by atoms with Crippen LogP contribution in [0.1, 0.15) is 5.56 Å². The van der Waals surface area contributed by atoms with Crippen molar-refractivity contribution in [2.45, 2.75) is 6.54 Å². The molecule has 8 heteroatoms. The smallest absolute Gasteiger partial charge is 0.221 e. The molecule has 0 radical (unpaired) electrons.